The molecule has 10 bridgehead atoms. The molecule has 2 aromatic carbocycles. The normalized spacial score (nSPS) is 14.2. The number of rotatable bonds is 0. The fraction of sp³-hybridized carbons (Fsp3) is 0.333. The first-order valence-corrected chi connectivity index (χ1v) is 13.1. The number of aryl methyl sites for hydroxylation is 4. The van der Waals surface area contributed by atoms with Gasteiger partial charge in [0.1, 0.15) is 0 Å². The third-order valence-corrected chi connectivity index (χ3v) is 6.64. The zero-order chi connectivity index (χ0) is 26.7. The molecule has 8 heterocycles. The van der Waals surface area contributed by atoms with Crippen molar-refractivity contribution in [3.8, 4) is 45.6 Å². The van der Waals surface area contributed by atoms with E-state index in [2.05, 4.69) is 61.8 Å². The van der Waals surface area contributed by atoms with E-state index in [0.717, 1.165) is 47.9 Å². The van der Waals surface area contributed by atoms with Gasteiger partial charge in [0.25, 0.3) is 0 Å². The van der Waals surface area contributed by atoms with E-state index in [9.17, 15) is 0 Å². The summed E-state index contributed by atoms with van der Waals surface area (Å²) in [5.74, 6) is 2.42. The third kappa shape index (κ3) is 4.93. The van der Waals surface area contributed by atoms with Crippen molar-refractivity contribution in [3.05, 3.63) is 48.5 Å². The van der Waals surface area contributed by atoms with Crippen molar-refractivity contribution in [1.82, 2.24) is 80.8 Å². The van der Waals surface area contributed by atoms with Crippen molar-refractivity contribution in [1.29, 1.82) is 0 Å². The van der Waals surface area contributed by atoms with Gasteiger partial charge < -0.3 is 0 Å². The van der Waals surface area contributed by atoms with Gasteiger partial charge in [-0.05, 0) is 51.8 Å². The first kappa shape index (κ1) is 23.8. The van der Waals surface area contributed by atoms with E-state index < -0.39 is 0 Å². The van der Waals surface area contributed by atoms with E-state index in [1.807, 2.05) is 53.2 Å². The standard InChI is InChI=1S/C24H24N16/c1-2-14-38-29-21(25-33-38)17-5-7-18(8-6-17)22-26-34-39(30-22)15-3-4-16-40-31-23(27-35-40)19-9-11-20(12-10-19)24-28-32-36-37(24)13-1/h5-12H,1-4,13-16H2. The quantitative estimate of drug-likeness (QED) is 0.274. The van der Waals surface area contributed by atoms with Gasteiger partial charge in [-0.25, -0.2) is 4.68 Å². The summed E-state index contributed by atoms with van der Waals surface area (Å²) in [7, 11) is 0. The molecule has 4 aliphatic heterocycles. The Labute approximate surface area is 227 Å². The van der Waals surface area contributed by atoms with Gasteiger partial charge in [0.15, 0.2) is 5.82 Å². The monoisotopic (exact) mass is 536 g/mol. The molecule has 6 aromatic rings. The molecule has 0 saturated heterocycles. The molecule has 0 atom stereocenters. The van der Waals surface area contributed by atoms with Crippen LogP contribution in [0.4, 0.5) is 0 Å². The first-order valence-electron chi connectivity index (χ1n) is 13.1. The number of tetrazole rings is 4. The Morgan fingerprint density at radius 2 is 0.825 bits per heavy atom. The van der Waals surface area contributed by atoms with Gasteiger partial charge in [0.2, 0.25) is 17.5 Å². The Morgan fingerprint density at radius 1 is 0.425 bits per heavy atom. The number of hydrogen-bond donors (Lipinski definition) is 0. The Balaban J connectivity index is 1.13. The summed E-state index contributed by atoms with van der Waals surface area (Å²) in [5, 5.41) is 51.2. The van der Waals surface area contributed by atoms with E-state index in [1.54, 1.807) is 14.4 Å². The topological polar surface area (TPSA) is 174 Å². The zero-order valence-corrected chi connectivity index (χ0v) is 21.4. The Morgan fingerprint density at radius 3 is 1.27 bits per heavy atom. The molecule has 0 amide bonds. The van der Waals surface area contributed by atoms with E-state index in [-0.39, 0.29) is 0 Å². The molecule has 16 nitrogen and oxygen atoms in total. The van der Waals surface area contributed by atoms with Crippen LogP contribution in [0.2, 0.25) is 0 Å². The van der Waals surface area contributed by atoms with E-state index >= 15 is 0 Å². The van der Waals surface area contributed by atoms with Gasteiger partial charge in [0, 0.05) is 28.8 Å². The van der Waals surface area contributed by atoms with Crippen LogP contribution < -0.4 is 0 Å². The molecule has 0 spiro atoms. The van der Waals surface area contributed by atoms with Crippen molar-refractivity contribution in [2.24, 2.45) is 0 Å². The molecule has 16 heteroatoms. The van der Waals surface area contributed by atoms with Crippen LogP contribution in [0.5, 0.6) is 0 Å². The lowest BCUT2D eigenvalue weighted by Crippen LogP contribution is -2.07. The molecule has 4 aliphatic rings. The lowest BCUT2D eigenvalue weighted by molar-refractivity contribution is 0.437. The summed E-state index contributed by atoms with van der Waals surface area (Å²) in [6, 6.07) is 15.6. The van der Waals surface area contributed by atoms with E-state index in [4.69, 9.17) is 0 Å². The number of hydrogen-bond acceptors (Lipinski definition) is 12. The predicted octanol–water partition coefficient (Wildman–Crippen LogP) is 1.57. The molecule has 0 aliphatic carbocycles. The molecular formula is C24H24N16. The second-order valence-electron chi connectivity index (χ2n) is 9.42. The summed E-state index contributed by atoms with van der Waals surface area (Å²) in [6.45, 7) is 2.59. The van der Waals surface area contributed by atoms with Crippen LogP contribution >= 0.6 is 0 Å². The van der Waals surface area contributed by atoms with E-state index in [1.165, 1.54) is 0 Å². The smallest absolute Gasteiger partial charge is 0.204 e. The minimum atomic E-state index is 0.569. The van der Waals surface area contributed by atoms with Crippen LogP contribution in [-0.4, -0.2) is 80.8 Å². The second-order valence-corrected chi connectivity index (χ2v) is 9.42. The Bertz CT molecular complexity index is 1710. The molecule has 0 unspecified atom stereocenters. The predicted molar refractivity (Wildman–Crippen MR) is 139 cm³/mol. The SMILES string of the molecule is c1cc2ccc1-c1nnn(n1)CCCCn1nnc(n1)-c1ccc(cc1)-c1nnnn1CCCCn1nnc-2n1. The van der Waals surface area contributed by atoms with Gasteiger partial charge in [-0.2, -0.15) is 14.4 Å². The van der Waals surface area contributed by atoms with Crippen molar-refractivity contribution in [2.45, 2.75) is 51.9 Å². The van der Waals surface area contributed by atoms with Gasteiger partial charge in [-0.1, -0.05) is 48.5 Å². The van der Waals surface area contributed by atoms with Gasteiger partial charge in [-0.3, -0.25) is 0 Å². The maximum atomic E-state index is 4.54. The van der Waals surface area contributed by atoms with Crippen LogP contribution in [-0.2, 0) is 26.2 Å². The van der Waals surface area contributed by atoms with Gasteiger partial charge in [0.05, 0.1) is 19.6 Å². The molecule has 10 rings (SSSR count). The van der Waals surface area contributed by atoms with Crippen LogP contribution in [0, 0.1) is 0 Å². The first-order chi connectivity index (χ1) is 19.8. The van der Waals surface area contributed by atoms with Crippen LogP contribution in [0.1, 0.15) is 25.7 Å². The van der Waals surface area contributed by atoms with Gasteiger partial charge in [-0.15, -0.1) is 35.7 Å². The lowest BCUT2D eigenvalue weighted by atomic mass is 10.1. The van der Waals surface area contributed by atoms with Crippen molar-refractivity contribution in [3.63, 3.8) is 0 Å². The summed E-state index contributed by atoms with van der Waals surface area (Å²) in [6.07, 6.45) is 3.38. The van der Waals surface area contributed by atoms with Crippen molar-refractivity contribution < 1.29 is 0 Å². The van der Waals surface area contributed by atoms with Crippen LogP contribution in [0.3, 0.4) is 0 Å². The maximum Gasteiger partial charge on any atom is 0.204 e. The summed E-state index contributed by atoms with van der Waals surface area (Å²) < 4.78 is 1.81. The largest absolute Gasteiger partial charge is 0.225 e. The van der Waals surface area contributed by atoms with E-state index in [0.29, 0.717) is 49.5 Å². The van der Waals surface area contributed by atoms with Crippen LogP contribution in [0.25, 0.3) is 45.6 Å². The summed E-state index contributed by atoms with van der Waals surface area (Å²) in [4.78, 5) is 4.85. The van der Waals surface area contributed by atoms with Crippen molar-refractivity contribution >= 4 is 0 Å². The number of nitrogens with zero attached hydrogens (tertiary/aromatic N) is 16. The fourth-order valence-corrected chi connectivity index (χ4v) is 4.48. The van der Waals surface area contributed by atoms with Gasteiger partial charge >= 0.3 is 0 Å². The molecule has 0 radical (unpaired) electrons. The highest BCUT2D eigenvalue weighted by molar-refractivity contribution is 5.63. The summed E-state index contributed by atoms with van der Waals surface area (Å²) >= 11 is 0. The second kappa shape index (κ2) is 10.5. The Hall–Kier alpha value is -5.28. The molecule has 40 heavy (non-hydrogen) atoms. The zero-order valence-electron chi connectivity index (χ0n) is 21.4. The Kier molecular flexibility index (Phi) is 6.23. The minimum Gasteiger partial charge on any atom is -0.225 e. The maximum absolute atomic E-state index is 4.54. The molecule has 200 valence electrons. The van der Waals surface area contributed by atoms with Crippen LogP contribution in [0.15, 0.2) is 48.5 Å². The minimum absolute atomic E-state index is 0.569. The average Bonchev–Trinajstić information content (AvgIpc) is 3.81. The molecule has 0 N–H and O–H groups in total. The highest BCUT2D eigenvalue weighted by Crippen LogP contribution is 2.22. The number of benzene rings is 2. The molecule has 0 fully saturated rings. The van der Waals surface area contributed by atoms with Crippen molar-refractivity contribution in [2.75, 3.05) is 0 Å². The third-order valence-electron chi connectivity index (χ3n) is 6.64. The molecular weight excluding hydrogens is 512 g/mol. The number of aromatic nitrogens is 16. The molecule has 4 aromatic heterocycles. The fourth-order valence-electron chi connectivity index (χ4n) is 4.48. The molecule has 0 saturated carbocycles. The highest BCUT2D eigenvalue weighted by atomic mass is 15.6. The average molecular weight is 537 g/mol. The lowest BCUT2D eigenvalue weighted by Gasteiger charge is -2.05. The highest BCUT2D eigenvalue weighted by Gasteiger charge is 2.13. The summed E-state index contributed by atoms with van der Waals surface area (Å²) in [5.41, 5.74) is 3.53.